The van der Waals surface area contributed by atoms with E-state index in [1.54, 1.807) is 18.2 Å². The fraction of sp³-hybridized carbons (Fsp3) is 0.200. The maximum Gasteiger partial charge on any atom is 0.332 e. The second-order valence-corrected chi connectivity index (χ2v) is 4.26. The first-order valence-electron chi connectivity index (χ1n) is 4.18. The molecule has 0 fully saturated rings. The molecule has 4 heteroatoms. The van der Waals surface area contributed by atoms with Gasteiger partial charge in [0.05, 0.1) is 4.90 Å². The topological polar surface area (TPSA) is 34.1 Å². The number of aryl methyl sites for hydroxylation is 1. The predicted octanol–water partition coefficient (Wildman–Crippen LogP) is 2.46. The third kappa shape index (κ3) is 2.96. The molecule has 0 aromatic heterocycles. The molecule has 1 aromatic carbocycles. The van der Waals surface area contributed by atoms with Crippen molar-refractivity contribution in [3.05, 3.63) is 42.5 Å². The molecule has 76 valence electrons. The van der Waals surface area contributed by atoms with Gasteiger partial charge in [-0.3, -0.25) is 0 Å². The third-order valence-corrected chi connectivity index (χ3v) is 2.68. The van der Waals surface area contributed by atoms with Gasteiger partial charge >= 0.3 is 10.2 Å². The fourth-order valence-electron chi connectivity index (χ4n) is 1.09. The lowest BCUT2D eigenvalue weighted by molar-refractivity contribution is 0.552. The third-order valence-electron chi connectivity index (χ3n) is 1.84. The molecular formula is C10H11FO2S. The Labute approximate surface area is 83.3 Å². The summed E-state index contributed by atoms with van der Waals surface area (Å²) >= 11 is 0. The van der Waals surface area contributed by atoms with Crippen LogP contribution in [0.1, 0.15) is 12.0 Å². The highest BCUT2D eigenvalue weighted by molar-refractivity contribution is 7.86. The Morgan fingerprint density at radius 1 is 1.29 bits per heavy atom. The van der Waals surface area contributed by atoms with Crippen LogP contribution in [0, 0.1) is 0 Å². The molecule has 0 N–H and O–H groups in total. The molecule has 1 rings (SSSR count). The maximum absolute atomic E-state index is 12.5. The molecule has 0 unspecified atom stereocenters. The van der Waals surface area contributed by atoms with Gasteiger partial charge in [-0.05, 0) is 30.5 Å². The Balaban J connectivity index is 2.84. The van der Waals surface area contributed by atoms with Gasteiger partial charge < -0.3 is 0 Å². The van der Waals surface area contributed by atoms with Gasteiger partial charge in [-0.1, -0.05) is 18.2 Å². The van der Waals surface area contributed by atoms with Gasteiger partial charge in [0.1, 0.15) is 0 Å². The van der Waals surface area contributed by atoms with E-state index in [0.717, 1.165) is 18.4 Å². The van der Waals surface area contributed by atoms with E-state index < -0.39 is 10.2 Å². The van der Waals surface area contributed by atoms with Crippen molar-refractivity contribution in [2.24, 2.45) is 0 Å². The molecule has 1 aromatic rings. The van der Waals surface area contributed by atoms with Crippen LogP contribution in [0.4, 0.5) is 3.89 Å². The van der Waals surface area contributed by atoms with Gasteiger partial charge in [-0.2, -0.15) is 8.42 Å². The lowest BCUT2D eigenvalue weighted by atomic mass is 10.1. The average molecular weight is 214 g/mol. The van der Waals surface area contributed by atoms with E-state index in [4.69, 9.17) is 0 Å². The van der Waals surface area contributed by atoms with Gasteiger partial charge in [0.2, 0.25) is 0 Å². The lowest BCUT2D eigenvalue weighted by Crippen LogP contribution is -1.92. The van der Waals surface area contributed by atoms with Crippen LogP contribution in [-0.2, 0) is 16.6 Å². The van der Waals surface area contributed by atoms with Gasteiger partial charge in [-0.15, -0.1) is 10.5 Å². The summed E-state index contributed by atoms with van der Waals surface area (Å²) < 4.78 is 33.4. The molecule has 0 aliphatic heterocycles. The molecule has 2 nitrogen and oxygen atoms in total. The summed E-state index contributed by atoms with van der Waals surface area (Å²) in [5.74, 6) is 0. The molecule has 0 bridgehead atoms. The fourth-order valence-corrected chi connectivity index (χ4v) is 1.55. The molecule has 0 amide bonds. The Morgan fingerprint density at radius 3 is 2.29 bits per heavy atom. The number of allylic oxidation sites excluding steroid dienone is 1. The SMILES string of the molecule is C=CCCc1ccc(S(=O)(=O)F)cc1. The minimum Gasteiger partial charge on any atom is -0.189 e. The van der Waals surface area contributed by atoms with E-state index in [-0.39, 0.29) is 4.90 Å². The van der Waals surface area contributed by atoms with Crippen molar-refractivity contribution >= 4 is 10.2 Å². The molecule has 0 saturated heterocycles. The molecule has 14 heavy (non-hydrogen) atoms. The molecule has 0 spiro atoms. The zero-order valence-electron chi connectivity index (χ0n) is 7.61. The maximum atomic E-state index is 12.5. The predicted molar refractivity (Wildman–Crippen MR) is 53.3 cm³/mol. The molecule has 0 saturated carbocycles. The monoisotopic (exact) mass is 214 g/mol. The minimum absolute atomic E-state index is 0.292. The quantitative estimate of drug-likeness (QED) is 0.570. The van der Waals surface area contributed by atoms with Crippen molar-refractivity contribution in [2.75, 3.05) is 0 Å². The second kappa shape index (κ2) is 4.37. The van der Waals surface area contributed by atoms with Gasteiger partial charge in [0, 0.05) is 0 Å². The van der Waals surface area contributed by atoms with E-state index in [1.165, 1.54) is 12.1 Å². The molecule has 0 aliphatic rings. The zero-order valence-corrected chi connectivity index (χ0v) is 8.43. The zero-order chi connectivity index (χ0) is 10.6. The smallest absolute Gasteiger partial charge is 0.189 e. The normalized spacial score (nSPS) is 11.2. The van der Waals surface area contributed by atoms with Gasteiger partial charge in [0.25, 0.3) is 0 Å². The summed E-state index contributed by atoms with van der Waals surface area (Å²) in [7, 11) is -4.56. The largest absolute Gasteiger partial charge is 0.332 e. The van der Waals surface area contributed by atoms with E-state index >= 15 is 0 Å². The van der Waals surface area contributed by atoms with Crippen molar-refractivity contribution in [3.63, 3.8) is 0 Å². The summed E-state index contributed by atoms with van der Waals surface area (Å²) in [6.07, 6.45) is 3.39. The Kier molecular flexibility index (Phi) is 3.41. The first-order valence-corrected chi connectivity index (χ1v) is 5.57. The summed E-state index contributed by atoms with van der Waals surface area (Å²) in [4.78, 5) is -0.292. The Bertz CT molecular complexity index is 406. The van der Waals surface area contributed by atoms with Gasteiger partial charge in [0.15, 0.2) is 0 Å². The van der Waals surface area contributed by atoms with E-state index in [1.807, 2.05) is 0 Å². The van der Waals surface area contributed by atoms with Crippen LogP contribution in [0.15, 0.2) is 41.8 Å². The van der Waals surface area contributed by atoms with E-state index in [0.29, 0.717) is 0 Å². The van der Waals surface area contributed by atoms with Crippen LogP contribution in [0.25, 0.3) is 0 Å². The second-order valence-electron chi connectivity index (χ2n) is 2.91. The summed E-state index contributed by atoms with van der Waals surface area (Å²) in [6, 6.07) is 5.76. The van der Waals surface area contributed by atoms with Crippen LogP contribution in [0.2, 0.25) is 0 Å². The number of hydrogen-bond donors (Lipinski definition) is 0. The molecule has 0 heterocycles. The Morgan fingerprint density at radius 2 is 1.86 bits per heavy atom. The van der Waals surface area contributed by atoms with Crippen LogP contribution in [0.5, 0.6) is 0 Å². The number of hydrogen-bond acceptors (Lipinski definition) is 2. The highest BCUT2D eigenvalue weighted by Crippen LogP contribution is 2.13. The summed E-state index contributed by atoms with van der Waals surface area (Å²) in [5, 5.41) is 0. The van der Waals surface area contributed by atoms with E-state index in [9.17, 15) is 12.3 Å². The van der Waals surface area contributed by atoms with E-state index in [2.05, 4.69) is 6.58 Å². The Hall–Kier alpha value is -1.16. The molecule has 0 radical (unpaired) electrons. The van der Waals surface area contributed by atoms with Crippen molar-refractivity contribution in [2.45, 2.75) is 17.7 Å². The number of halogens is 1. The summed E-state index contributed by atoms with van der Waals surface area (Å²) in [6.45, 7) is 3.58. The van der Waals surface area contributed by atoms with Crippen LogP contribution in [0.3, 0.4) is 0 Å². The lowest BCUT2D eigenvalue weighted by Gasteiger charge is -1.99. The van der Waals surface area contributed by atoms with Gasteiger partial charge in [-0.25, -0.2) is 0 Å². The van der Waals surface area contributed by atoms with Crippen LogP contribution >= 0.6 is 0 Å². The van der Waals surface area contributed by atoms with Crippen molar-refractivity contribution in [1.82, 2.24) is 0 Å². The van der Waals surface area contributed by atoms with Crippen LogP contribution in [-0.4, -0.2) is 8.42 Å². The highest BCUT2D eigenvalue weighted by atomic mass is 32.3. The first-order chi connectivity index (χ1) is 6.54. The average Bonchev–Trinajstić information content (AvgIpc) is 2.14. The van der Waals surface area contributed by atoms with Crippen molar-refractivity contribution in [1.29, 1.82) is 0 Å². The molecular weight excluding hydrogens is 203 g/mol. The molecule has 0 atom stereocenters. The summed E-state index contributed by atoms with van der Waals surface area (Å²) in [5.41, 5.74) is 0.970. The highest BCUT2D eigenvalue weighted by Gasteiger charge is 2.10. The molecule has 0 aliphatic carbocycles. The van der Waals surface area contributed by atoms with Crippen molar-refractivity contribution < 1.29 is 12.3 Å². The van der Waals surface area contributed by atoms with Crippen molar-refractivity contribution in [3.8, 4) is 0 Å². The first kappa shape index (κ1) is 10.9. The standard InChI is InChI=1S/C10H11FO2S/c1-2-3-4-9-5-7-10(8-6-9)14(11,12)13/h2,5-8H,1,3-4H2. The number of benzene rings is 1. The number of rotatable bonds is 4. The minimum atomic E-state index is -4.56. The van der Waals surface area contributed by atoms with Crippen LogP contribution < -0.4 is 0 Å².